The number of H-pyrrole nitrogens is 1. The van der Waals surface area contributed by atoms with Gasteiger partial charge in [0.2, 0.25) is 0 Å². The number of nitrogens with zero attached hydrogens (tertiary/aromatic N) is 3. The molecule has 2 aromatic rings. The molecule has 2 aromatic heterocycles. The monoisotopic (exact) mass is 190 g/mol. The Morgan fingerprint density at radius 3 is 2.93 bits per heavy atom. The van der Waals surface area contributed by atoms with Gasteiger partial charge in [0.15, 0.2) is 5.82 Å². The average Bonchev–Trinajstić information content (AvgIpc) is 2.66. The number of hydrogen-bond acceptors (Lipinski definition) is 4. The predicted octanol–water partition coefficient (Wildman–Crippen LogP) is 0.667. The first-order valence-electron chi connectivity index (χ1n) is 4.24. The van der Waals surface area contributed by atoms with E-state index in [1.165, 1.54) is 0 Å². The third kappa shape index (κ3) is 1.62. The van der Waals surface area contributed by atoms with Gasteiger partial charge in [-0.25, -0.2) is 15.0 Å². The molecule has 2 N–H and O–H groups in total. The molecule has 0 saturated heterocycles. The summed E-state index contributed by atoms with van der Waals surface area (Å²) in [7, 11) is 0. The Balaban J connectivity index is 2.39. The van der Waals surface area contributed by atoms with Crippen molar-refractivity contribution in [1.82, 2.24) is 19.9 Å². The van der Waals surface area contributed by atoms with Gasteiger partial charge in [0.1, 0.15) is 11.5 Å². The summed E-state index contributed by atoms with van der Waals surface area (Å²) in [6.45, 7) is 1.77. The molecule has 72 valence electrons. The number of aliphatic hydroxyl groups is 1. The van der Waals surface area contributed by atoms with E-state index < -0.39 is 0 Å². The number of nitrogens with one attached hydrogen (secondary N) is 1. The van der Waals surface area contributed by atoms with E-state index in [9.17, 15) is 0 Å². The minimum Gasteiger partial charge on any atom is -0.390 e. The van der Waals surface area contributed by atoms with Crippen LogP contribution in [0.1, 0.15) is 11.5 Å². The van der Waals surface area contributed by atoms with Crippen molar-refractivity contribution in [2.24, 2.45) is 0 Å². The lowest BCUT2D eigenvalue weighted by molar-refractivity contribution is 0.277. The van der Waals surface area contributed by atoms with Crippen molar-refractivity contribution in [2.45, 2.75) is 13.5 Å². The van der Waals surface area contributed by atoms with Crippen LogP contribution in [-0.4, -0.2) is 25.0 Å². The van der Waals surface area contributed by atoms with Crippen molar-refractivity contribution in [3.05, 3.63) is 30.0 Å². The molecule has 2 rings (SSSR count). The van der Waals surface area contributed by atoms with Crippen molar-refractivity contribution in [3.8, 4) is 11.5 Å². The molecule has 0 aromatic carbocycles. The number of rotatable bonds is 2. The van der Waals surface area contributed by atoms with Gasteiger partial charge in [0.05, 0.1) is 18.5 Å². The van der Waals surface area contributed by atoms with Gasteiger partial charge in [-0.05, 0) is 13.0 Å². The van der Waals surface area contributed by atoms with Crippen LogP contribution in [0, 0.1) is 6.92 Å². The molecule has 2 heterocycles. The van der Waals surface area contributed by atoms with Crippen molar-refractivity contribution in [3.63, 3.8) is 0 Å². The maximum atomic E-state index is 8.85. The average molecular weight is 190 g/mol. The normalized spacial score (nSPS) is 10.4. The van der Waals surface area contributed by atoms with E-state index in [4.69, 9.17) is 5.11 Å². The largest absolute Gasteiger partial charge is 0.390 e. The van der Waals surface area contributed by atoms with Gasteiger partial charge in [-0.1, -0.05) is 0 Å². The van der Waals surface area contributed by atoms with Crippen LogP contribution < -0.4 is 0 Å². The second-order valence-corrected chi connectivity index (χ2v) is 2.90. The van der Waals surface area contributed by atoms with E-state index in [1.807, 2.05) is 6.92 Å². The summed E-state index contributed by atoms with van der Waals surface area (Å²) in [5.74, 6) is 1.35. The number of aliphatic hydroxyl groups excluding tert-OH is 1. The lowest BCUT2D eigenvalue weighted by Crippen LogP contribution is -1.91. The molecule has 0 fully saturated rings. The predicted molar refractivity (Wildman–Crippen MR) is 50.3 cm³/mol. The smallest absolute Gasteiger partial charge is 0.156 e. The Labute approximate surface area is 80.9 Å². The van der Waals surface area contributed by atoms with E-state index in [2.05, 4.69) is 19.9 Å². The quantitative estimate of drug-likeness (QED) is 0.729. The van der Waals surface area contributed by atoms with E-state index in [0.717, 1.165) is 5.69 Å². The number of aromatic amines is 1. The van der Waals surface area contributed by atoms with Crippen LogP contribution in [0.5, 0.6) is 0 Å². The SMILES string of the molecule is Cc1nccc(-c2ncc(CO)[nH]2)n1. The van der Waals surface area contributed by atoms with Gasteiger partial charge in [0.25, 0.3) is 0 Å². The summed E-state index contributed by atoms with van der Waals surface area (Å²) >= 11 is 0. The lowest BCUT2D eigenvalue weighted by Gasteiger charge is -1.96. The van der Waals surface area contributed by atoms with Gasteiger partial charge < -0.3 is 10.1 Å². The summed E-state index contributed by atoms with van der Waals surface area (Å²) < 4.78 is 0. The highest BCUT2D eigenvalue weighted by molar-refractivity contribution is 5.48. The topological polar surface area (TPSA) is 74.7 Å². The zero-order valence-electron chi connectivity index (χ0n) is 7.73. The van der Waals surface area contributed by atoms with Crippen LogP contribution in [-0.2, 0) is 6.61 Å². The fourth-order valence-electron chi connectivity index (χ4n) is 1.16. The molecule has 14 heavy (non-hydrogen) atoms. The molecule has 0 aliphatic heterocycles. The molecule has 0 radical (unpaired) electrons. The maximum absolute atomic E-state index is 8.85. The molecular formula is C9H10N4O. The van der Waals surface area contributed by atoms with E-state index in [0.29, 0.717) is 17.3 Å². The van der Waals surface area contributed by atoms with Crippen LogP contribution in [0.25, 0.3) is 11.5 Å². The highest BCUT2D eigenvalue weighted by atomic mass is 16.3. The third-order valence-corrected chi connectivity index (χ3v) is 1.82. The Bertz CT molecular complexity index is 438. The first-order valence-corrected chi connectivity index (χ1v) is 4.24. The molecule has 0 saturated carbocycles. The summed E-state index contributed by atoms with van der Waals surface area (Å²) in [6, 6.07) is 1.77. The summed E-state index contributed by atoms with van der Waals surface area (Å²) in [5.41, 5.74) is 1.41. The highest BCUT2D eigenvalue weighted by Gasteiger charge is 2.04. The fraction of sp³-hybridized carbons (Fsp3) is 0.222. The molecule has 0 bridgehead atoms. The molecule has 5 nitrogen and oxygen atoms in total. The molecule has 0 aliphatic rings. The highest BCUT2D eigenvalue weighted by Crippen LogP contribution is 2.11. The Morgan fingerprint density at radius 2 is 2.29 bits per heavy atom. The molecule has 0 spiro atoms. The van der Waals surface area contributed by atoms with Crippen LogP contribution >= 0.6 is 0 Å². The summed E-state index contributed by atoms with van der Waals surface area (Å²) in [5, 5.41) is 8.85. The minimum atomic E-state index is -0.0446. The van der Waals surface area contributed by atoms with Gasteiger partial charge in [0, 0.05) is 6.20 Å². The second-order valence-electron chi connectivity index (χ2n) is 2.90. The van der Waals surface area contributed by atoms with Crippen LogP contribution in [0.2, 0.25) is 0 Å². The fourth-order valence-corrected chi connectivity index (χ4v) is 1.16. The first kappa shape index (κ1) is 8.83. The maximum Gasteiger partial charge on any atom is 0.156 e. The Kier molecular flexibility index (Phi) is 2.24. The minimum absolute atomic E-state index is 0.0446. The zero-order valence-corrected chi connectivity index (χ0v) is 7.73. The number of imidazole rings is 1. The Morgan fingerprint density at radius 1 is 1.43 bits per heavy atom. The molecule has 5 heteroatoms. The van der Waals surface area contributed by atoms with E-state index in [-0.39, 0.29) is 6.61 Å². The second kappa shape index (κ2) is 3.55. The van der Waals surface area contributed by atoms with Gasteiger partial charge in [-0.3, -0.25) is 0 Å². The molecule has 0 amide bonds. The van der Waals surface area contributed by atoms with Crippen LogP contribution in [0.3, 0.4) is 0 Å². The van der Waals surface area contributed by atoms with E-state index >= 15 is 0 Å². The summed E-state index contributed by atoms with van der Waals surface area (Å²) in [6.07, 6.45) is 3.27. The number of aryl methyl sites for hydroxylation is 1. The third-order valence-electron chi connectivity index (χ3n) is 1.82. The van der Waals surface area contributed by atoms with Gasteiger partial charge >= 0.3 is 0 Å². The number of aromatic nitrogens is 4. The molecular weight excluding hydrogens is 180 g/mol. The van der Waals surface area contributed by atoms with Gasteiger partial charge in [-0.15, -0.1) is 0 Å². The van der Waals surface area contributed by atoms with Crippen molar-refractivity contribution < 1.29 is 5.11 Å². The Hall–Kier alpha value is -1.75. The zero-order chi connectivity index (χ0) is 9.97. The van der Waals surface area contributed by atoms with Crippen LogP contribution in [0.15, 0.2) is 18.5 Å². The standard InChI is InChI=1S/C9H10N4O/c1-6-10-3-2-8(12-6)9-11-4-7(5-14)13-9/h2-4,14H,5H2,1H3,(H,11,13). The molecule has 0 aliphatic carbocycles. The van der Waals surface area contributed by atoms with Gasteiger partial charge in [-0.2, -0.15) is 0 Å². The summed E-state index contributed by atoms with van der Waals surface area (Å²) in [4.78, 5) is 15.2. The van der Waals surface area contributed by atoms with Crippen molar-refractivity contribution >= 4 is 0 Å². The lowest BCUT2D eigenvalue weighted by atomic mass is 10.4. The molecule has 0 unspecified atom stereocenters. The first-order chi connectivity index (χ1) is 6.79. The van der Waals surface area contributed by atoms with Crippen molar-refractivity contribution in [1.29, 1.82) is 0 Å². The van der Waals surface area contributed by atoms with Crippen LogP contribution in [0.4, 0.5) is 0 Å². The molecule has 0 atom stereocenters. The van der Waals surface area contributed by atoms with E-state index in [1.54, 1.807) is 18.5 Å². The van der Waals surface area contributed by atoms with Crippen molar-refractivity contribution in [2.75, 3.05) is 0 Å². The number of hydrogen-bond donors (Lipinski definition) is 2.